The molecule has 2 rings (SSSR count). The molecule has 0 bridgehead atoms. The smallest absolute Gasteiger partial charge is 0.226 e. The molecule has 0 fully saturated rings. The summed E-state index contributed by atoms with van der Waals surface area (Å²) in [6.07, 6.45) is 0. The van der Waals surface area contributed by atoms with Crippen LogP contribution in [0.1, 0.15) is 14.5 Å². The van der Waals surface area contributed by atoms with E-state index in [2.05, 4.69) is 17.6 Å². The molecule has 0 spiro atoms. The SMILES string of the molecule is Cc1sc(C(=O)S)cc1-c1csc(N)n1. The molecule has 2 heterocycles. The van der Waals surface area contributed by atoms with Gasteiger partial charge in [-0.05, 0) is 13.0 Å². The average molecular weight is 256 g/mol. The van der Waals surface area contributed by atoms with E-state index in [9.17, 15) is 4.79 Å². The number of hydrogen-bond donors (Lipinski definition) is 2. The minimum atomic E-state index is -0.211. The summed E-state index contributed by atoms with van der Waals surface area (Å²) in [5.41, 5.74) is 7.35. The summed E-state index contributed by atoms with van der Waals surface area (Å²) in [4.78, 5) is 17.0. The van der Waals surface area contributed by atoms with E-state index in [1.54, 1.807) is 0 Å². The first-order valence-corrected chi connectivity index (χ1v) is 6.27. The molecule has 78 valence electrons. The Morgan fingerprint density at radius 2 is 2.33 bits per heavy atom. The first-order valence-electron chi connectivity index (χ1n) is 4.13. The van der Waals surface area contributed by atoms with Crippen LogP contribution in [-0.2, 0) is 0 Å². The lowest BCUT2D eigenvalue weighted by molar-refractivity contribution is 0.109. The van der Waals surface area contributed by atoms with Crippen molar-refractivity contribution in [3.05, 3.63) is 21.2 Å². The van der Waals surface area contributed by atoms with Crippen molar-refractivity contribution < 1.29 is 4.79 Å². The second kappa shape index (κ2) is 3.96. The number of aromatic nitrogens is 1. The van der Waals surface area contributed by atoms with Crippen LogP contribution in [0.4, 0.5) is 5.13 Å². The van der Waals surface area contributed by atoms with E-state index in [0.29, 0.717) is 10.0 Å². The van der Waals surface area contributed by atoms with Crippen molar-refractivity contribution >= 4 is 45.5 Å². The van der Waals surface area contributed by atoms with E-state index in [0.717, 1.165) is 16.1 Å². The van der Waals surface area contributed by atoms with Crippen LogP contribution in [0.2, 0.25) is 0 Å². The van der Waals surface area contributed by atoms with Gasteiger partial charge in [-0.2, -0.15) is 0 Å². The van der Waals surface area contributed by atoms with Gasteiger partial charge in [0.2, 0.25) is 5.12 Å². The molecule has 0 amide bonds. The van der Waals surface area contributed by atoms with E-state index in [1.807, 2.05) is 18.4 Å². The molecule has 0 radical (unpaired) electrons. The first kappa shape index (κ1) is 10.7. The van der Waals surface area contributed by atoms with Crippen LogP contribution >= 0.6 is 35.3 Å². The minimum absolute atomic E-state index is 0.211. The highest BCUT2D eigenvalue weighted by atomic mass is 32.1. The fraction of sp³-hybridized carbons (Fsp3) is 0.111. The second-order valence-electron chi connectivity index (χ2n) is 2.96. The van der Waals surface area contributed by atoms with Crippen molar-refractivity contribution in [1.82, 2.24) is 4.98 Å². The molecular formula is C9H8N2OS3. The molecule has 15 heavy (non-hydrogen) atoms. The summed E-state index contributed by atoms with van der Waals surface area (Å²) in [5.74, 6) is 0. The highest BCUT2D eigenvalue weighted by molar-refractivity contribution is 7.97. The van der Waals surface area contributed by atoms with Crippen LogP contribution in [0.25, 0.3) is 11.3 Å². The van der Waals surface area contributed by atoms with E-state index >= 15 is 0 Å². The van der Waals surface area contributed by atoms with Gasteiger partial charge in [-0.3, -0.25) is 4.79 Å². The Morgan fingerprint density at radius 1 is 1.60 bits per heavy atom. The first-order chi connectivity index (χ1) is 7.08. The monoisotopic (exact) mass is 256 g/mol. The zero-order valence-corrected chi connectivity index (χ0v) is 10.4. The van der Waals surface area contributed by atoms with Gasteiger partial charge in [0.05, 0.1) is 10.6 Å². The number of nitrogen functional groups attached to an aromatic ring is 1. The van der Waals surface area contributed by atoms with Gasteiger partial charge >= 0.3 is 0 Å². The highest BCUT2D eigenvalue weighted by Crippen LogP contribution is 2.32. The predicted molar refractivity (Wildman–Crippen MR) is 67.9 cm³/mol. The van der Waals surface area contributed by atoms with Crippen LogP contribution in [0, 0.1) is 6.92 Å². The summed E-state index contributed by atoms with van der Waals surface area (Å²) >= 11 is 6.61. The number of anilines is 1. The number of hydrogen-bond acceptors (Lipinski definition) is 5. The van der Waals surface area contributed by atoms with Crippen molar-refractivity contribution in [2.45, 2.75) is 6.92 Å². The van der Waals surface area contributed by atoms with E-state index in [4.69, 9.17) is 5.73 Å². The Morgan fingerprint density at radius 3 is 2.80 bits per heavy atom. The fourth-order valence-electron chi connectivity index (χ4n) is 1.25. The van der Waals surface area contributed by atoms with Crippen molar-refractivity contribution in [1.29, 1.82) is 0 Å². The van der Waals surface area contributed by atoms with Gasteiger partial charge in [0.25, 0.3) is 0 Å². The van der Waals surface area contributed by atoms with Crippen molar-refractivity contribution in [3.63, 3.8) is 0 Å². The molecule has 0 aliphatic carbocycles. The number of thiazole rings is 1. The maximum Gasteiger partial charge on any atom is 0.226 e. The molecule has 2 aromatic heterocycles. The van der Waals surface area contributed by atoms with Gasteiger partial charge in [-0.1, -0.05) is 12.6 Å². The molecule has 0 aromatic carbocycles. The Bertz CT molecular complexity index is 515. The number of nitrogens with zero attached hydrogens (tertiary/aromatic N) is 1. The predicted octanol–water partition coefficient (Wildman–Crippen LogP) is 2.83. The third-order valence-corrected chi connectivity index (χ3v) is 4.04. The van der Waals surface area contributed by atoms with Gasteiger partial charge in [-0.15, -0.1) is 22.7 Å². The van der Waals surface area contributed by atoms with Crippen LogP contribution in [0.5, 0.6) is 0 Å². The standard InChI is InChI=1S/C9H8N2OS3/c1-4-5(2-7(15-4)8(12)13)6-3-14-9(10)11-6/h2-3H,1H3,(H2,10,11)(H,12,13). The number of rotatable bonds is 2. The molecule has 0 unspecified atom stereocenters. The van der Waals surface area contributed by atoms with Gasteiger partial charge in [0.15, 0.2) is 5.13 Å². The number of aryl methyl sites for hydroxylation is 1. The quantitative estimate of drug-likeness (QED) is 0.812. The number of carbonyl (C=O) groups excluding carboxylic acids is 1. The van der Waals surface area contributed by atoms with Crippen LogP contribution < -0.4 is 5.73 Å². The van der Waals surface area contributed by atoms with E-state index in [-0.39, 0.29) is 5.12 Å². The average Bonchev–Trinajstić information content (AvgIpc) is 2.71. The van der Waals surface area contributed by atoms with E-state index < -0.39 is 0 Å². The lowest BCUT2D eigenvalue weighted by atomic mass is 10.2. The highest BCUT2D eigenvalue weighted by Gasteiger charge is 2.12. The maximum absolute atomic E-state index is 11.1. The summed E-state index contributed by atoms with van der Waals surface area (Å²) < 4.78 is 0. The Hall–Kier alpha value is -0.850. The lowest BCUT2D eigenvalue weighted by Gasteiger charge is -1.91. The zero-order valence-electron chi connectivity index (χ0n) is 7.85. The van der Waals surface area contributed by atoms with Crippen molar-refractivity contribution in [3.8, 4) is 11.3 Å². The summed E-state index contributed by atoms with van der Waals surface area (Å²) in [7, 11) is 0. The van der Waals surface area contributed by atoms with E-state index in [1.165, 1.54) is 22.7 Å². The molecular weight excluding hydrogens is 248 g/mol. The molecule has 3 nitrogen and oxygen atoms in total. The van der Waals surface area contributed by atoms with Crippen molar-refractivity contribution in [2.75, 3.05) is 5.73 Å². The van der Waals surface area contributed by atoms with Crippen molar-refractivity contribution in [2.24, 2.45) is 0 Å². The minimum Gasteiger partial charge on any atom is -0.375 e. The topological polar surface area (TPSA) is 56.0 Å². The number of thiophene rings is 1. The Labute approximate surface area is 100 Å². The number of thiol groups is 1. The molecule has 0 aliphatic heterocycles. The molecule has 0 saturated carbocycles. The van der Waals surface area contributed by atoms with Gasteiger partial charge in [-0.25, -0.2) is 4.98 Å². The third kappa shape index (κ3) is 2.06. The molecule has 2 N–H and O–H groups in total. The fourth-order valence-corrected chi connectivity index (χ4v) is 2.89. The second-order valence-corrected chi connectivity index (χ2v) is 5.51. The van der Waals surface area contributed by atoms with Gasteiger partial charge in [0, 0.05) is 15.8 Å². The molecule has 0 saturated heterocycles. The normalized spacial score (nSPS) is 10.5. The number of nitrogens with two attached hydrogens (primary N) is 1. The molecule has 2 aromatic rings. The molecule has 6 heteroatoms. The Kier molecular flexibility index (Phi) is 2.81. The van der Waals surface area contributed by atoms with Crippen LogP contribution in [0.15, 0.2) is 11.4 Å². The van der Waals surface area contributed by atoms with Gasteiger partial charge < -0.3 is 5.73 Å². The lowest BCUT2D eigenvalue weighted by Crippen LogP contribution is -1.83. The maximum atomic E-state index is 11.1. The molecule has 0 atom stereocenters. The summed E-state index contributed by atoms with van der Waals surface area (Å²) in [6.45, 7) is 1.95. The van der Waals surface area contributed by atoms with Crippen LogP contribution in [0.3, 0.4) is 0 Å². The number of carbonyl (C=O) groups is 1. The Balaban J connectivity index is 2.49. The zero-order chi connectivity index (χ0) is 11.0. The summed E-state index contributed by atoms with van der Waals surface area (Å²) in [5, 5.41) is 2.21. The molecule has 0 aliphatic rings. The summed E-state index contributed by atoms with van der Waals surface area (Å²) in [6, 6.07) is 1.81. The van der Waals surface area contributed by atoms with Gasteiger partial charge in [0.1, 0.15) is 0 Å². The largest absolute Gasteiger partial charge is 0.375 e. The third-order valence-electron chi connectivity index (χ3n) is 1.93. The van der Waals surface area contributed by atoms with Crippen LogP contribution in [-0.4, -0.2) is 10.1 Å².